The van der Waals surface area contributed by atoms with Crippen molar-refractivity contribution in [2.45, 2.75) is 26.3 Å². The molecule has 0 saturated carbocycles. The molecule has 1 saturated heterocycles. The molecular formula is C14H24N4. The first-order chi connectivity index (χ1) is 8.78. The molecule has 4 nitrogen and oxygen atoms in total. The van der Waals surface area contributed by atoms with E-state index in [2.05, 4.69) is 27.8 Å². The van der Waals surface area contributed by atoms with Crippen LogP contribution in [0.4, 0.5) is 5.82 Å². The van der Waals surface area contributed by atoms with E-state index in [4.69, 9.17) is 5.73 Å². The molecule has 1 aromatic rings. The van der Waals surface area contributed by atoms with E-state index in [-0.39, 0.29) is 0 Å². The van der Waals surface area contributed by atoms with E-state index in [1.54, 1.807) is 0 Å². The van der Waals surface area contributed by atoms with Gasteiger partial charge in [0.25, 0.3) is 0 Å². The average Bonchev–Trinajstić information content (AvgIpc) is 2.41. The lowest BCUT2D eigenvalue weighted by Gasteiger charge is -2.34. The molecule has 4 heteroatoms. The summed E-state index contributed by atoms with van der Waals surface area (Å²) in [4.78, 5) is 9.21. The van der Waals surface area contributed by atoms with E-state index in [1.807, 2.05) is 12.3 Å². The number of rotatable bonds is 5. The first-order valence-electron chi connectivity index (χ1n) is 6.93. The number of anilines is 1. The second-order valence-electron chi connectivity index (χ2n) is 5.06. The van der Waals surface area contributed by atoms with Crippen LogP contribution in [0.5, 0.6) is 0 Å². The molecule has 0 amide bonds. The summed E-state index contributed by atoms with van der Waals surface area (Å²) in [5.74, 6) is 0.600. The number of nitrogen functional groups attached to an aromatic ring is 1. The molecule has 100 valence electrons. The topological polar surface area (TPSA) is 45.4 Å². The van der Waals surface area contributed by atoms with Gasteiger partial charge < -0.3 is 10.6 Å². The first-order valence-corrected chi connectivity index (χ1v) is 6.93. The Balaban J connectivity index is 1.74. The Hall–Kier alpha value is -1.13. The fourth-order valence-electron chi connectivity index (χ4n) is 2.34. The molecular weight excluding hydrogens is 224 g/mol. The van der Waals surface area contributed by atoms with Gasteiger partial charge in [0.2, 0.25) is 0 Å². The molecule has 0 aromatic carbocycles. The van der Waals surface area contributed by atoms with E-state index in [1.165, 1.54) is 38.0 Å². The lowest BCUT2D eigenvalue weighted by Crippen LogP contribution is -2.46. The molecule has 0 atom stereocenters. The van der Waals surface area contributed by atoms with Crippen LogP contribution in [0.25, 0.3) is 0 Å². The van der Waals surface area contributed by atoms with Crippen molar-refractivity contribution in [3.8, 4) is 0 Å². The Labute approximate surface area is 110 Å². The Morgan fingerprint density at radius 3 is 2.50 bits per heavy atom. The third-order valence-electron chi connectivity index (χ3n) is 3.55. The van der Waals surface area contributed by atoms with Gasteiger partial charge in [0, 0.05) is 38.9 Å². The Morgan fingerprint density at radius 2 is 1.89 bits per heavy atom. The van der Waals surface area contributed by atoms with Crippen molar-refractivity contribution in [1.82, 2.24) is 14.8 Å². The number of unbranched alkanes of at least 4 members (excludes halogenated alkanes) is 1. The molecule has 2 heterocycles. The molecule has 2 rings (SSSR count). The highest BCUT2D eigenvalue weighted by Gasteiger charge is 2.16. The number of pyridine rings is 1. The molecule has 1 aliphatic heterocycles. The summed E-state index contributed by atoms with van der Waals surface area (Å²) in [7, 11) is 0. The zero-order chi connectivity index (χ0) is 12.8. The second-order valence-corrected chi connectivity index (χ2v) is 5.06. The van der Waals surface area contributed by atoms with Crippen molar-refractivity contribution in [2.24, 2.45) is 0 Å². The van der Waals surface area contributed by atoms with Gasteiger partial charge in [-0.05, 0) is 24.6 Å². The van der Waals surface area contributed by atoms with Crippen molar-refractivity contribution >= 4 is 5.82 Å². The Kier molecular flexibility index (Phi) is 4.96. The predicted molar refractivity (Wildman–Crippen MR) is 75.3 cm³/mol. The van der Waals surface area contributed by atoms with E-state index >= 15 is 0 Å². The van der Waals surface area contributed by atoms with Crippen LogP contribution in [-0.2, 0) is 6.54 Å². The molecule has 0 unspecified atom stereocenters. The van der Waals surface area contributed by atoms with Crippen molar-refractivity contribution in [2.75, 3.05) is 38.5 Å². The highest BCUT2D eigenvalue weighted by molar-refractivity contribution is 5.29. The minimum absolute atomic E-state index is 0.600. The number of nitrogens with two attached hydrogens (primary N) is 1. The fourth-order valence-corrected chi connectivity index (χ4v) is 2.34. The molecule has 2 N–H and O–H groups in total. The third-order valence-corrected chi connectivity index (χ3v) is 3.55. The lowest BCUT2D eigenvalue weighted by atomic mass is 10.2. The summed E-state index contributed by atoms with van der Waals surface area (Å²) >= 11 is 0. The van der Waals surface area contributed by atoms with Crippen molar-refractivity contribution in [1.29, 1.82) is 0 Å². The van der Waals surface area contributed by atoms with Crippen LogP contribution in [0.2, 0.25) is 0 Å². The largest absolute Gasteiger partial charge is 0.384 e. The van der Waals surface area contributed by atoms with Crippen molar-refractivity contribution < 1.29 is 0 Å². The van der Waals surface area contributed by atoms with Gasteiger partial charge in [0.05, 0.1) is 0 Å². The summed E-state index contributed by atoms with van der Waals surface area (Å²) in [6.07, 6.45) is 4.50. The van der Waals surface area contributed by atoms with Crippen LogP contribution in [0, 0.1) is 0 Å². The number of nitrogens with zero attached hydrogens (tertiary/aromatic N) is 3. The van der Waals surface area contributed by atoms with Crippen molar-refractivity contribution in [3.63, 3.8) is 0 Å². The zero-order valence-corrected chi connectivity index (χ0v) is 11.3. The lowest BCUT2D eigenvalue weighted by molar-refractivity contribution is 0.126. The molecule has 0 bridgehead atoms. The Bertz CT molecular complexity index is 341. The zero-order valence-electron chi connectivity index (χ0n) is 11.3. The quantitative estimate of drug-likeness (QED) is 0.859. The minimum Gasteiger partial charge on any atom is -0.384 e. The van der Waals surface area contributed by atoms with Gasteiger partial charge in [-0.2, -0.15) is 0 Å². The van der Waals surface area contributed by atoms with E-state index in [0.29, 0.717) is 5.82 Å². The average molecular weight is 248 g/mol. The van der Waals surface area contributed by atoms with Gasteiger partial charge in [-0.1, -0.05) is 19.4 Å². The molecule has 0 radical (unpaired) electrons. The number of hydrogen-bond acceptors (Lipinski definition) is 4. The highest BCUT2D eigenvalue weighted by atomic mass is 15.3. The van der Waals surface area contributed by atoms with E-state index in [9.17, 15) is 0 Å². The van der Waals surface area contributed by atoms with Gasteiger partial charge >= 0.3 is 0 Å². The molecule has 0 aliphatic carbocycles. The van der Waals surface area contributed by atoms with Crippen LogP contribution in [0.3, 0.4) is 0 Å². The summed E-state index contributed by atoms with van der Waals surface area (Å²) in [5.41, 5.74) is 6.85. The second kappa shape index (κ2) is 6.71. The Morgan fingerprint density at radius 1 is 1.17 bits per heavy atom. The van der Waals surface area contributed by atoms with E-state index in [0.717, 1.165) is 19.6 Å². The molecule has 1 fully saturated rings. The third kappa shape index (κ3) is 3.96. The monoisotopic (exact) mass is 248 g/mol. The summed E-state index contributed by atoms with van der Waals surface area (Å²) in [6, 6.07) is 3.96. The maximum absolute atomic E-state index is 5.59. The normalized spacial score (nSPS) is 18.1. The smallest absolute Gasteiger partial charge is 0.123 e. The maximum Gasteiger partial charge on any atom is 0.123 e. The summed E-state index contributed by atoms with van der Waals surface area (Å²) < 4.78 is 0. The maximum atomic E-state index is 5.59. The molecule has 0 spiro atoms. The fraction of sp³-hybridized carbons (Fsp3) is 0.643. The molecule has 18 heavy (non-hydrogen) atoms. The van der Waals surface area contributed by atoms with Crippen LogP contribution in [0.15, 0.2) is 18.3 Å². The van der Waals surface area contributed by atoms with Crippen LogP contribution in [-0.4, -0.2) is 47.5 Å². The van der Waals surface area contributed by atoms with Crippen LogP contribution < -0.4 is 5.73 Å². The van der Waals surface area contributed by atoms with Crippen LogP contribution in [0.1, 0.15) is 25.3 Å². The summed E-state index contributed by atoms with van der Waals surface area (Å²) in [5, 5.41) is 0. The standard InChI is InChI=1S/C14H24N4/c1-2-3-6-17-7-9-18(10-8-17)12-13-4-5-14(15)16-11-13/h4-5,11H,2-3,6-10,12H2,1H3,(H2,15,16). The van der Waals surface area contributed by atoms with Crippen molar-refractivity contribution in [3.05, 3.63) is 23.9 Å². The number of hydrogen-bond donors (Lipinski definition) is 1. The molecule has 1 aliphatic rings. The first kappa shape index (κ1) is 13.3. The predicted octanol–water partition coefficient (Wildman–Crippen LogP) is 1.58. The van der Waals surface area contributed by atoms with Gasteiger partial charge in [-0.15, -0.1) is 0 Å². The SMILES string of the molecule is CCCCN1CCN(Cc2ccc(N)nc2)CC1. The van der Waals surface area contributed by atoms with E-state index < -0.39 is 0 Å². The minimum atomic E-state index is 0.600. The highest BCUT2D eigenvalue weighted by Crippen LogP contribution is 2.09. The van der Waals surface area contributed by atoms with Gasteiger partial charge in [-0.3, -0.25) is 4.90 Å². The number of aromatic nitrogens is 1. The number of piperazine rings is 1. The summed E-state index contributed by atoms with van der Waals surface area (Å²) in [6.45, 7) is 9.22. The van der Waals surface area contributed by atoms with Gasteiger partial charge in [0.15, 0.2) is 0 Å². The van der Waals surface area contributed by atoms with Gasteiger partial charge in [0.1, 0.15) is 5.82 Å². The van der Waals surface area contributed by atoms with Gasteiger partial charge in [-0.25, -0.2) is 4.98 Å². The van der Waals surface area contributed by atoms with Crippen LogP contribution >= 0.6 is 0 Å². The molecule has 1 aromatic heterocycles.